The van der Waals surface area contributed by atoms with E-state index < -0.39 is 11.8 Å². The van der Waals surface area contributed by atoms with E-state index >= 15 is 0 Å². The molecule has 0 aliphatic rings. The molecule has 1 aromatic rings. The van der Waals surface area contributed by atoms with Crippen molar-refractivity contribution >= 4 is 11.8 Å². The van der Waals surface area contributed by atoms with Crippen molar-refractivity contribution in [1.82, 2.24) is 5.32 Å². The van der Waals surface area contributed by atoms with Crippen LogP contribution in [0.15, 0.2) is 18.2 Å². The molecule has 0 unspecified atom stereocenters. The summed E-state index contributed by atoms with van der Waals surface area (Å²) in [6, 6.07) is 4.79. The van der Waals surface area contributed by atoms with E-state index in [-0.39, 0.29) is 31.1 Å². The highest BCUT2D eigenvalue weighted by molar-refractivity contribution is 5.96. The summed E-state index contributed by atoms with van der Waals surface area (Å²) in [5, 5.41) is 12.1. The number of rotatable bonds is 6. The van der Waals surface area contributed by atoms with E-state index in [0.717, 1.165) is 5.56 Å². The van der Waals surface area contributed by atoms with Crippen LogP contribution in [0.5, 0.6) is 5.75 Å². The van der Waals surface area contributed by atoms with Gasteiger partial charge in [-0.1, -0.05) is 6.07 Å². The van der Waals surface area contributed by atoms with Gasteiger partial charge in [-0.3, -0.25) is 9.59 Å². The molecule has 1 rings (SSSR count). The van der Waals surface area contributed by atoms with Crippen LogP contribution in [-0.4, -0.2) is 36.7 Å². The Balaban J connectivity index is 2.39. The van der Waals surface area contributed by atoms with Crippen molar-refractivity contribution in [3.8, 4) is 5.75 Å². The Morgan fingerprint density at radius 1 is 1.44 bits per heavy atom. The van der Waals surface area contributed by atoms with Crippen molar-refractivity contribution < 1.29 is 19.4 Å². The minimum atomic E-state index is -0.558. The molecular weight excluding hydrogens is 236 g/mol. The maximum absolute atomic E-state index is 11.7. The fourth-order valence-electron chi connectivity index (χ4n) is 1.34. The Kier molecular flexibility index (Phi) is 5.13. The van der Waals surface area contributed by atoms with Crippen LogP contribution in [0.25, 0.3) is 0 Å². The average molecular weight is 252 g/mol. The lowest BCUT2D eigenvalue weighted by molar-refractivity contribution is -0.122. The molecule has 0 saturated heterocycles. The first kappa shape index (κ1) is 14.0. The number of phenolic OH excluding ortho intramolecular Hbond substituents is 1. The number of phenols is 1. The Morgan fingerprint density at radius 3 is 2.78 bits per heavy atom. The van der Waals surface area contributed by atoms with Crippen molar-refractivity contribution in [2.75, 3.05) is 19.8 Å². The number of benzene rings is 1. The van der Waals surface area contributed by atoms with E-state index in [1.807, 2.05) is 6.92 Å². The molecule has 0 aliphatic carbocycles. The molecular formula is C12H16N2O4. The molecule has 6 nitrogen and oxygen atoms in total. The van der Waals surface area contributed by atoms with Gasteiger partial charge >= 0.3 is 0 Å². The molecule has 6 heteroatoms. The Morgan fingerprint density at radius 2 is 2.17 bits per heavy atom. The minimum Gasteiger partial charge on any atom is -0.507 e. The third-order valence-corrected chi connectivity index (χ3v) is 2.17. The number of aromatic hydroxyl groups is 1. The molecule has 4 N–H and O–H groups in total. The molecule has 0 aromatic heterocycles. The summed E-state index contributed by atoms with van der Waals surface area (Å²) < 4.78 is 4.88. The number of aryl methyl sites for hydroxylation is 1. The van der Waals surface area contributed by atoms with Crippen LogP contribution in [0.2, 0.25) is 0 Å². The summed E-state index contributed by atoms with van der Waals surface area (Å²) in [6.45, 7) is 2.06. The van der Waals surface area contributed by atoms with Gasteiger partial charge in [0, 0.05) is 6.54 Å². The van der Waals surface area contributed by atoms with Gasteiger partial charge in [0.25, 0.3) is 5.91 Å². The van der Waals surface area contributed by atoms with Crippen LogP contribution in [0, 0.1) is 6.92 Å². The fraction of sp³-hybridized carbons (Fsp3) is 0.333. The predicted molar refractivity (Wildman–Crippen MR) is 65.2 cm³/mol. The molecule has 0 atom stereocenters. The van der Waals surface area contributed by atoms with Gasteiger partial charge in [-0.15, -0.1) is 0 Å². The lowest BCUT2D eigenvalue weighted by Crippen LogP contribution is -2.28. The monoisotopic (exact) mass is 252 g/mol. The van der Waals surface area contributed by atoms with Gasteiger partial charge in [-0.25, -0.2) is 0 Å². The van der Waals surface area contributed by atoms with Gasteiger partial charge in [-0.2, -0.15) is 0 Å². The molecule has 0 spiro atoms. The topological polar surface area (TPSA) is 102 Å². The smallest absolute Gasteiger partial charge is 0.255 e. The van der Waals surface area contributed by atoms with E-state index in [1.165, 1.54) is 6.07 Å². The van der Waals surface area contributed by atoms with E-state index in [1.54, 1.807) is 12.1 Å². The van der Waals surface area contributed by atoms with Crippen LogP contribution in [0.1, 0.15) is 15.9 Å². The van der Waals surface area contributed by atoms with Crippen molar-refractivity contribution in [3.05, 3.63) is 29.3 Å². The Labute approximate surface area is 105 Å². The van der Waals surface area contributed by atoms with Crippen molar-refractivity contribution in [3.63, 3.8) is 0 Å². The highest BCUT2D eigenvalue weighted by Gasteiger charge is 2.10. The highest BCUT2D eigenvalue weighted by atomic mass is 16.5. The average Bonchev–Trinajstić information content (AvgIpc) is 2.27. The molecule has 98 valence electrons. The largest absolute Gasteiger partial charge is 0.507 e. The molecule has 0 aliphatic heterocycles. The summed E-state index contributed by atoms with van der Waals surface area (Å²) in [4.78, 5) is 22.0. The second-order valence-electron chi connectivity index (χ2n) is 3.80. The van der Waals surface area contributed by atoms with E-state index in [2.05, 4.69) is 5.32 Å². The molecule has 0 bridgehead atoms. The molecule has 0 heterocycles. The summed E-state index contributed by atoms with van der Waals surface area (Å²) in [6.07, 6.45) is 0. The third kappa shape index (κ3) is 4.42. The zero-order valence-electron chi connectivity index (χ0n) is 10.1. The van der Waals surface area contributed by atoms with Gasteiger partial charge in [0.05, 0.1) is 12.2 Å². The molecule has 0 fully saturated rings. The number of primary amides is 1. The maximum Gasteiger partial charge on any atom is 0.255 e. The van der Waals surface area contributed by atoms with Crippen molar-refractivity contribution in [2.45, 2.75) is 6.92 Å². The lowest BCUT2D eigenvalue weighted by Gasteiger charge is -2.07. The number of hydrogen-bond acceptors (Lipinski definition) is 4. The first-order valence-electron chi connectivity index (χ1n) is 5.44. The Bertz CT molecular complexity index is 446. The van der Waals surface area contributed by atoms with Gasteiger partial charge in [-0.05, 0) is 24.6 Å². The second-order valence-corrected chi connectivity index (χ2v) is 3.80. The van der Waals surface area contributed by atoms with E-state index in [4.69, 9.17) is 10.5 Å². The number of amides is 2. The predicted octanol–water partition coefficient (Wildman–Crippen LogP) is -0.0677. The lowest BCUT2D eigenvalue weighted by atomic mass is 10.1. The number of nitrogens with two attached hydrogens (primary N) is 1. The quantitative estimate of drug-likeness (QED) is 0.617. The minimum absolute atomic E-state index is 0.0643. The fourth-order valence-corrected chi connectivity index (χ4v) is 1.34. The van der Waals surface area contributed by atoms with Crippen LogP contribution in [0.4, 0.5) is 0 Å². The summed E-state index contributed by atoms with van der Waals surface area (Å²) in [7, 11) is 0. The van der Waals surface area contributed by atoms with Gasteiger partial charge in [0.2, 0.25) is 5.91 Å². The van der Waals surface area contributed by atoms with Gasteiger partial charge < -0.3 is 20.9 Å². The summed E-state index contributed by atoms with van der Waals surface area (Å²) in [5.74, 6) is -1.02. The molecule has 2 amide bonds. The van der Waals surface area contributed by atoms with E-state index in [0.29, 0.717) is 0 Å². The van der Waals surface area contributed by atoms with Crippen LogP contribution >= 0.6 is 0 Å². The standard InChI is InChI=1S/C12H16N2O4/c1-8-2-3-9(10(15)6-8)12(17)14-4-5-18-7-11(13)16/h2-3,6,15H,4-5,7H2,1H3,(H2,13,16)(H,14,17). The number of carbonyl (C=O) groups is 2. The SMILES string of the molecule is Cc1ccc(C(=O)NCCOCC(N)=O)c(O)c1. The van der Waals surface area contributed by atoms with Gasteiger partial charge in [0.15, 0.2) is 0 Å². The number of carbonyl (C=O) groups excluding carboxylic acids is 2. The van der Waals surface area contributed by atoms with Crippen LogP contribution in [0.3, 0.4) is 0 Å². The van der Waals surface area contributed by atoms with Crippen molar-refractivity contribution in [1.29, 1.82) is 0 Å². The highest BCUT2D eigenvalue weighted by Crippen LogP contribution is 2.17. The maximum atomic E-state index is 11.7. The molecule has 1 aromatic carbocycles. The number of hydrogen-bond donors (Lipinski definition) is 3. The van der Waals surface area contributed by atoms with Gasteiger partial charge in [0.1, 0.15) is 12.4 Å². The van der Waals surface area contributed by atoms with E-state index in [9.17, 15) is 14.7 Å². The van der Waals surface area contributed by atoms with Crippen LogP contribution in [-0.2, 0) is 9.53 Å². The molecule has 0 saturated carbocycles. The number of nitrogens with one attached hydrogen (secondary N) is 1. The summed E-state index contributed by atoms with van der Waals surface area (Å²) in [5.41, 5.74) is 5.95. The number of ether oxygens (including phenoxy) is 1. The first-order chi connectivity index (χ1) is 8.50. The van der Waals surface area contributed by atoms with Crippen LogP contribution < -0.4 is 11.1 Å². The normalized spacial score (nSPS) is 10.1. The zero-order chi connectivity index (χ0) is 13.5. The Hall–Kier alpha value is -2.08. The van der Waals surface area contributed by atoms with Crippen molar-refractivity contribution in [2.24, 2.45) is 5.73 Å². The molecule has 18 heavy (non-hydrogen) atoms. The molecule has 0 radical (unpaired) electrons. The first-order valence-corrected chi connectivity index (χ1v) is 5.44. The summed E-state index contributed by atoms with van der Waals surface area (Å²) >= 11 is 0. The second kappa shape index (κ2) is 6.61. The third-order valence-electron chi connectivity index (χ3n) is 2.17. The zero-order valence-corrected chi connectivity index (χ0v) is 10.1.